The molecular formula is C12H16N2. The summed E-state index contributed by atoms with van der Waals surface area (Å²) in [6.45, 7) is 6.76. The molecule has 2 rings (SSSR count). The van der Waals surface area contributed by atoms with Crippen molar-refractivity contribution in [3.05, 3.63) is 30.1 Å². The zero-order valence-corrected chi connectivity index (χ0v) is 8.91. The molecule has 0 saturated carbocycles. The Morgan fingerprint density at radius 3 is 2.79 bits per heavy atom. The summed E-state index contributed by atoms with van der Waals surface area (Å²) < 4.78 is 0. The van der Waals surface area contributed by atoms with Gasteiger partial charge in [0.1, 0.15) is 5.65 Å². The van der Waals surface area contributed by atoms with Crippen molar-refractivity contribution < 1.29 is 0 Å². The summed E-state index contributed by atoms with van der Waals surface area (Å²) in [4.78, 5) is 7.50. The van der Waals surface area contributed by atoms with Crippen molar-refractivity contribution in [2.24, 2.45) is 5.92 Å². The summed E-state index contributed by atoms with van der Waals surface area (Å²) in [5.41, 5.74) is 2.37. The van der Waals surface area contributed by atoms with Gasteiger partial charge in [0.2, 0.25) is 0 Å². The molecule has 2 heterocycles. The van der Waals surface area contributed by atoms with Gasteiger partial charge in [0, 0.05) is 17.8 Å². The maximum Gasteiger partial charge on any atom is 0.137 e. The van der Waals surface area contributed by atoms with Crippen LogP contribution in [-0.2, 0) is 0 Å². The van der Waals surface area contributed by atoms with Gasteiger partial charge in [-0.05, 0) is 29.5 Å². The van der Waals surface area contributed by atoms with E-state index < -0.39 is 0 Å². The second-order valence-corrected chi connectivity index (χ2v) is 4.18. The molecule has 14 heavy (non-hydrogen) atoms. The van der Waals surface area contributed by atoms with Crippen LogP contribution < -0.4 is 0 Å². The molecule has 2 nitrogen and oxygen atoms in total. The van der Waals surface area contributed by atoms with Crippen LogP contribution in [0, 0.1) is 5.92 Å². The standard InChI is InChI=1S/C12H16N2/c1-8(2)9(3)11-7-14-12-10(11)5-4-6-13-12/h4-9H,1-3H3,(H,13,14). The Labute approximate surface area is 84.4 Å². The van der Waals surface area contributed by atoms with Crippen LogP contribution in [0.3, 0.4) is 0 Å². The second-order valence-electron chi connectivity index (χ2n) is 4.18. The number of nitrogens with zero attached hydrogens (tertiary/aromatic N) is 1. The van der Waals surface area contributed by atoms with Gasteiger partial charge in [-0.3, -0.25) is 0 Å². The van der Waals surface area contributed by atoms with Gasteiger partial charge in [-0.1, -0.05) is 20.8 Å². The van der Waals surface area contributed by atoms with Crippen LogP contribution in [-0.4, -0.2) is 9.97 Å². The summed E-state index contributed by atoms with van der Waals surface area (Å²) in [6, 6.07) is 4.12. The molecule has 0 aliphatic heterocycles. The molecule has 0 aliphatic rings. The zero-order valence-electron chi connectivity index (χ0n) is 8.91. The highest BCUT2D eigenvalue weighted by molar-refractivity contribution is 5.80. The molecule has 0 saturated heterocycles. The lowest BCUT2D eigenvalue weighted by molar-refractivity contribution is 0.538. The highest BCUT2D eigenvalue weighted by Gasteiger charge is 2.14. The number of nitrogens with one attached hydrogen (secondary N) is 1. The third-order valence-corrected chi connectivity index (χ3v) is 2.97. The number of fused-ring (bicyclic) bond motifs is 1. The molecule has 2 aromatic heterocycles. The van der Waals surface area contributed by atoms with Crippen molar-refractivity contribution in [1.82, 2.24) is 9.97 Å². The summed E-state index contributed by atoms with van der Waals surface area (Å²) in [7, 11) is 0. The number of pyridine rings is 1. The van der Waals surface area contributed by atoms with Crippen LogP contribution in [0.2, 0.25) is 0 Å². The molecule has 0 spiro atoms. The first kappa shape index (κ1) is 9.25. The second kappa shape index (κ2) is 3.45. The van der Waals surface area contributed by atoms with E-state index in [2.05, 4.69) is 43.0 Å². The fourth-order valence-corrected chi connectivity index (χ4v) is 1.71. The molecule has 0 bridgehead atoms. The number of rotatable bonds is 2. The van der Waals surface area contributed by atoms with Crippen LogP contribution in [0.4, 0.5) is 0 Å². The fraction of sp³-hybridized carbons (Fsp3) is 0.417. The highest BCUT2D eigenvalue weighted by Crippen LogP contribution is 2.29. The minimum absolute atomic E-state index is 0.577. The maximum atomic E-state index is 4.29. The van der Waals surface area contributed by atoms with Gasteiger partial charge >= 0.3 is 0 Å². The van der Waals surface area contributed by atoms with Crippen molar-refractivity contribution in [3.63, 3.8) is 0 Å². The van der Waals surface area contributed by atoms with E-state index in [-0.39, 0.29) is 0 Å². The SMILES string of the molecule is CC(C)C(C)c1c[nH]c2ncccc12. The Bertz CT molecular complexity index is 429. The van der Waals surface area contributed by atoms with Crippen molar-refractivity contribution in [3.8, 4) is 0 Å². The van der Waals surface area contributed by atoms with Crippen LogP contribution in [0.15, 0.2) is 24.5 Å². The smallest absolute Gasteiger partial charge is 0.137 e. The lowest BCUT2D eigenvalue weighted by atomic mass is 9.90. The summed E-state index contributed by atoms with van der Waals surface area (Å²) in [5, 5.41) is 1.26. The Morgan fingerprint density at radius 1 is 1.29 bits per heavy atom. The number of H-pyrrole nitrogens is 1. The number of aromatic nitrogens is 2. The average molecular weight is 188 g/mol. The number of hydrogen-bond acceptors (Lipinski definition) is 1. The van der Waals surface area contributed by atoms with Gasteiger partial charge in [0.15, 0.2) is 0 Å². The van der Waals surface area contributed by atoms with E-state index in [1.807, 2.05) is 12.3 Å². The first-order valence-corrected chi connectivity index (χ1v) is 5.12. The van der Waals surface area contributed by atoms with E-state index in [4.69, 9.17) is 0 Å². The topological polar surface area (TPSA) is 28.7 Å². The summed E-state index contributed by atoms with van der Waals surface area (Å²) in [6.07, 6.45) is 3.91. The van der Waals surface area contributed by atoms with Crippen LogP contribution in [0.25, 0.3) is 11.0 Å². The fourth-order valence-electron chi connectivity index (χ4n) is 1.71. The minimum Gasteiger partial charge on any atom is -0.346 e. The molecular weight excluding hydrogens is 172 g/mol. The zero-order chi connectivity index (χ0) is 10.1. The molecule has 2 heteroatoms. The Hall–Kier alpha value is -1.31. The van der Waals surface area contributed by atoms with Crippen molar-refractivity contribution in [1.29, 1.82) is 0 Å². The van der Waals surface area contributed by atoms with E-state index in [1.54, 1.807) is 0 Å². The lowest BCUT2D eigenvalue weighted by Gasteiger charge is -2.14. The monoisotopic (exact) mass is 188 g/mol. The molecule has 0 aromatic carbocycles. The largest absolute Gasteiger partial charge is 0.346 e. The number of hydrogen-bond donors (Lipinski definition) is 1. The lowest BCUT2D eigenvalue weighted by Crippen LogP contribution is -2.00. The molecule has 2 aromatic rings. The van der Waals surface area contributed by atoms with E-state index in [9.17, 15) is 0 Å². The first-order chi connectivity index (χ1) is 6.70. The molecule has 0 radical (unpaired) electrons. The predicted molar refractivity (Wildman–Crippen MR) is 59.3 cm³/mol. The third kappa shape index (κ3) is 1.41. The van der Waals surface area contributed by atoms with Crippen LogP contribution >= 0.6 is 0 Å². The van der Waals surface area contributed by atoms with Gasteiger partial charge in [0.25, 0.3) is 0 Å². The molecule has 0 aliphatic carbocycles. The summed E-state index contributed by atoms with van der Waals surface area (Å²) in [5.74, 6) is 1.24. The molecule has 1 N–H and O–H groups in total. The van der Waals surface area contributed by atoms with E-state index in [1.165, 1.54) is 10.9 Å². The van der Waals surface area contributed by atoms with E-state index in [0.717, 1.165) is 5.65 Å². The first-order valence-electron chi connectivity index (χ1n) is 5.12. The summed E-state index contributed by atoms with van der Waals surface area (Å²) >= 11 is 0. The van der Waals surface area contributed by atoms with Crippen LogP contribution in [0.5, 0.6) is 0 Å². The van der Waals surface area contributed by atoms with Gasteiger partial charge in [-0.25, -0.2) is 4.98 Å². The normalized spacial score (nSPS) is 13.7. The molecule has 74 valence electrons. The average Bonchev–Trinajstić information content (AvgIpc) is 2.60. The Kier molecular flexibility index (Phi) is 2.28. The van der Waals surface area contributed by atoms with Crippen molar-refractivity contribution in [2.75, 3.05) is 0 Å². The van der Waals surface area contributed by atoms with Crippen LogP contribution in [0.1, 0.15) is 32.3 Å². The Balaban J connectivity index is 2.53. The van der Waals surface area contributed by atoms with Gasteiger partial charge in [-0.15, -0.1) is 0 Å². The molecule has 0 fully saturated rings. The van der Waals surface area contributed by atoms with Gasteiger partial charge in [0.05, 0.1) is 0 Å². The molecule has 1 unspecified atom stereocenters. The molecule has 1 atom stereocenters. The van der Waals surface area contributed by atoms with E-state index in [0.29, 0.717) is 11.8 Å². The van der Waals surface area contributed by atoms with Gasteiger partial charge < -0.3 is 4.98 Å². The highest BCUT2D eigenvalue weighted by atomic mass is 14.8. The van der Waals surface area contributed by atoms with Crippen molar-refractivity contribution >= 4 is 11.0 Å². The van der Waals surface area contributed by atoms with Crippen molar-refractivity contribution in [2.45, 2.75) is 26.7 Å². The van der Waals surface area contributed by atoms with E-state index >= 15 is 0 Å². The maximum absolute atomic E-state index is 4.29. The third-order valence-electron chi connectivity index (χ3n) is 2.97. The van der Waals surface area contributed by atoms with Gasteiger partial charge in [-0.2, -0.15) is 0 Å². The Morgan fingerprint density at radius 2 is 2.07 bits per heavy atom. The quantitative estimate of drug-likeness (QED) is 0.769. The minimum atomic E-state index is 0.577. The molecule has 0 amide bonds. The predicted octanol–water partition coefficient (Wildman–Crippen LogP) is 3.32. The number of aromatic amines is 1.